The molecule has 0 saturated heterocycles. The van der Waals surface area contributed by atoms with Crippen LogP contribution in [-0.2, 0) is 11.2 Å². The van der Waals surface area contributed by atoms with Crippen molar-refractivity contribution >= 4 is 49.9 Å². The van der Waals surface area contributed by atoms with E-state index >= 15 is 0 Å². The third-order valence-corrected chi connectivity index (χ3v) is 5.95. The third-order valence-electron chi connectivity index (χ3n) is 4.49. The minimum atomic E-state index is -0.270. The zero-order valence-electron chi connectivity index (χ0n) is 16.9. The van der Waals surface area contributed by atoms with Crippen LogP contribution in [0.4, 0.5) is 5.69 Å². The van der Waals surface area contributed by atoms with Gasteiger partial charge in [-0.15, -0.1) is 5.10 Å². The Hall–Kier alpha value is -3.04. The van der Waals surface area contributed by atoms with Gasteiger partial charge in [0, 0.05) is 22.1 Å². The van der Waals surface area contributed by atoms with Crippen molar-refractivity contribution in [3.8, 4) is 5.75 Å². The fourth-order valence-corrected chi connectivity index (χ4v) is 4.20. The first-order chi connectivity index (χ1) is 14.9. The Bertz CT molecular complexity index is 1360. The number of carbonyl (C=O) groups excluding carboxylic acids is 1. The van der Waals surface area contributed by atoms with Crippen molar-refractivity contribution in [2.45, 2.75) is 20.3 Å². The van der Waals surface area contributed by atoms with Crippen LogP contribution in [-0.4, -0.2) is 27.1 Å². The van der Waals surface area contributed by atoms with Gasteiger partial charge in [0.05, 0.1) is 4.53 Å². The molecular weight excluding hydrogens is 480 g/mol. The minimum absolute atomic E-state index is 0.157. The van der Waals surface area contributed by atoms with Crippen molar-refractivity contribution in [1.82, 2.24) is 14.6 Å². The van der Waals surface area contributed by atoms with Gasteiger partial charge < -0.3 is 10.1 Å². The van der Waals surface area contributed by atoms with Gasteiger partial charge in [0.2, 0.25) is 4.96 Å². The number of aromatic nitrogens is 3. The van der Waals surface area contributed by atoms with E-state index in [-0.39, 0.29) is 18.1 Å². The number of benzene rings is 2. The molecule has 158 valence electrons. The van der Waals surface area contributed by atoms with E-state index in [0.717, 1.165) is 10.0 Å². The Morgan fingerprint density at radius 3 is 2.74 bits per heavy atom. The van der Waals surface area contributed by atoms with Gasteiger partial charge in [0.15, 0.2) is 12.4 Å². The topological polar surface area (TPSA) is 85.6 Å². The van der Waals surface area contributed by atoms with Gasteiger partial charge in [0.1, 0.15) is 5.75 Å². The van der Waals surface area contributed by atoms with Crippen LogP contribution in [0.15, 0.2) is 51.7 Å². The molecule has 4 aromatic rings. The quantitative estimate of drug-likeness (QED) is 0.440. The van der Waals surface area contributed by atoms with E-state index in [1.165, 1.54) is 15.9 Å². The maximum Gasteiger partial charge on any atom is 0.291 e. The molecule has 2 aromatic heterocycles. The van der Waals surface area contributed by atoms with E-state index < -0.39 is 0 Å². The Morgan fingerprint density at radius 2 is 2.03 bits per heavy atom. The summed E-state index contributed by atoms with van der Waals surface area (Å²) in [5, 5.41) is 7.03. The normalized spacial score (nSPS) is 11.8. The molecule has 0 aliphatic rings. The van der Waals surface area contributed by atoms with Crippen LogP contribution in [0.3, 0.4) is 0 Å². The maximum absolute atomic E-state index is 12.7. The summed E-state index contributed by atoms with van der Waals surface area (Å²) in [5.41, 5.74) is 2.27. The number of aryl methyl sites for hydroxylation is 2. The standard InChI is InChI=1S/C22H19BrN4O3S/c1-3-19-25-22-27(26-19)21(29)18(31-22)11-14-10-15(23)6-9-17(14)30-12-20(28)24-16-7-4-13(2)5-8-16/h4-11H,3,12H2,1-2H3,(H,24,28)/b18-11-. The molecule has 0 aliphatic heterocycles. The number of hydrogen-bond donors (Lipinski definition) is 1. The number of anilines is 1. The summed E-state index contributed by atoms with van der Waals surface area (Å²) in [5.74, 6) is 0.865. The lowest BCUT2D eigenvalue weighted by atomic mass is 10.2. The molecule has 0 unspecified atom stereocenters. The summed E-state index contributed by atoms with van der Waals surface area (Å²) >= 11 is 4.71. The van der Waals surface area contributed by atoms with Crippen LogP contribution < -0.4 is 20.1 Å². The molecule has 0 radical (unpaired) electrons. The van der Waals surface area contributed by atoms with Gasteiger partial charge in [-0.3, -0.25) is 9.59 Å². The summed E-state index contributed by atoms with van der Waals surface area (Å²) in [6.45, 7) is 3.77. The maximum atomic E-state index is 12.7. The molecule has 0 spiro atoms. The molecule has 2 aromatic carbocycles. The number of hydrogen-bond acceptors (Lipinski definition) is 6. The fourth-order valence-electron chi connectivity index (χ4n) is 2.91. The number of amides is 1. The van der Waals surface area contributed by atoms with Crippen molar-refractivity contribution < 1.29 is 9.53 Å². The molecule has 4 rings (SSSR count). The van der Waals surface area contributed by atoms with E-state index in [1.807, 2.05) is 50.2 Å². The van der Waals surface area contributed by atoms with Crippen molar-refractivity contribution in [3.63, 3.8) is 0 Å². The number of nitrogens with zero attached hydrogens (tertiary/aromatic N) is 3. The van der Waals surface area contributed by atoms with E-state index in [9.17, 15) is 9.59 Å². The van der Waals surface area contributed by atoms with Crippen LogP contribution in [0, 0.1) is 6.92 Å². The number of rotatable bonds is 6. The molecule has 9 heteroatoms. The van der Waals surface area contributed by atoms with Crippen molar-refractivity contribution in [2.75, 3.05) is 11.9 Å². The molecule has 0 saturated carbocycles. The van der Waals surface area contributed by atoms with E-state index in [4.69, 9.17) is 4.74 Å². The zero-order chi connectivity index (χ0) is 22.0. The lowest BCUT2D eigenvalue weighted by Crippen LogP contribution is -2.24. The molecule has 0 atom stereocenters. The first-order valence-electron chi connectivity index (χ1n) is 9.62. The molecule has 7 nitrogen and oxygen atoms in total. The third kappa shape index (κ3) is 4.83. The SMILES string of the molecule is CCc1nc2s/c(=C\c3cc(Br)ccc3OCC(=O)Nc3ccc(C)cc3)c(=O)n2n1. The highest BCUT2D eigenvalue weighted by Gasteiger charge is 2.11. The molecule has 0 bridgehead atoms. The molecular formula is C22H19BrN4O3S. The molecule has 2 heterocycles. The number of carbonyl (C=O) groups is 1. The van der Waals surface area contributed by atoms with Gasteiger partial charge in [0.25, 0.3) is 11.5 Å². The van der Waals surface area contributed by atoms with Gasteiger partial charge in [-0.2, -0.15) is 4.52 Å². The van der Waals surface area contributed by atoms with Gasteiger partial charge >= 0.3 is 0 Å². The van der Waals surface area contributed by atoms with E-state index in [2.05, 4.69) is 31.3 Å². The van der Waals surface area contributed by atoms with Gasteiger partial charge in [-0.05, 0) is 43.3 Å². The molecule has 0 aliphatic carbocycles. The smallest absolute Gasteiger partial charge is 0.291 e. The second kappa shape index (κ2) is 8.99. The summed E-state index contributed by atoms with van der Waals surface area (Å²) in [6.07, 6.45) is 2.40. The van der Waals surface area contributed by atoms with Crippen molar-refractivity contribution in [2.24, 2.45) is 0 Å². The van der Waals surface area contributed by atoms with Gasteiger partial charge in [-0.1, -0.05) is 51.9 Å². The summed E-state index contributed by atoms with van der Waals surface area (Å²) in [7, 11) is 0. The average molecular weight is 499 g/mol. The van der Waals surface area contributed by atoms with Crippen LogP contribution in [0.1, 0.15) is 23.9 Å². The van der Waals surface area contributed by atoms with E-state index in [0.29, 0.717) is 38.7 Å². The molecule has 1 N–H and O–H groups in total. The largest absolute Gasteiger partial charge is 0.483 e. The predicted molar refractivity (Wildman–Crippen MR) is 125 cm³/mol. The van der Waals surface area contributed by atoms with Gasteiger partial charge in [-0.25, -0.2) is 4.98 Å². The summed E-state index contributed by atoms with van der Waals surface area (Å²) in [4.78, 5) is 29.9. The highest BCUT2D eigenvalue weighted by molar-refractivity contribution is 9.10. The highest BCUT2D eigenvalue weighted by Crippen LogP contribution is 2.24. The Balaban J connectivity index is 1.56. The molecule has 0 fully saturated rings. The zero-order valence-corrected chi connectivity index (χ0v) is 19.3. The number of thiazole rings is 1. The number of nitrogens with one attached hydrogen (secondary N) is 1. The average Bonchev–Trinajstić information content (AvgIpc) is 3.28. The molecule has 1 amide bonds. The lowest BCUT2D eigenvalue weighted by molar-refractivity contribution is -0.118. The van der Waals surface area contributed by atoms with Crippen molar-refractivity contribution in [1.29, 1.82) is 0 Å². The predicted octanol–water partition coefficient (Wildman–Crippen LogP) is 3.35. The fraction of sp³-hybridized carbons (Fsp3) is 0.182. The van der Waals surface area contributed by atoms with Crippen LogP contribution in [0.5, 0.6) is 5.75 Å². The number of halogens is 1. The lowest BCUT2D eigenvalue weighted by Gasteiger charge is -2.10. The number of fused-ring (bicyclic) bond motifs is 1. The second-order valence-corrected chi connectivity index (χ2v) is 8.80. The first kappa shape index (κ1) is 21.2. The van der Waals surface area contributed by atoms with Crippen LogP contribution in [0.2, 0.25) is 0 Å². The van der Waals surface area contributed by atoms with Crippen molar-refractivity contribution in [3.05, 3.63) is 78.8 Å². The first-order valence-corrected chi connectivity index (χ1v) is 11.2. The Labute approximate surface area is 190 Å². The monoisotopic (exact) mass is 498 g/mol. The minimum Gasteiger partial charge on any atom is -0.483 e. The van der Waals surface area contributed by atoms with Crippen LogP contribution in [0.25, 0.3) is 11.0 Å². The Morgan fingerprint density at radius 1 is 1.26 bits per heavy atom. The van der Waals surface area contributed by atoms with Crippen LogP contribution >= 0.6 is 27.3 Å². The highest BCUT2D eigenvalue weighted by atomic mass is 79.9. The molecule has 31 heavy (non-hydrogen) atoms. The number of ether oxygens (including phenoxy) is 1. The Kier molecular flexibility index (Phi) is 6.15. The second-order valence-electron chi connectivity index (χ2n) is 6.88. The summed E-state index contributed by atoms with van der Waals surface area (Å²) in [6, 6.07) is 12.9. The summed E-state index contributed by atoms with van der Waals surface area (Å²) < 4.78 is 8.40. The van der Waals surface area contributed by atoms with E-state index in [1.54, 1.807) is 12.1 Å².